The van der Waals surface area contributed by atoms with Crippen LogP contribution in [-0.4, -0.2) is 71.7 Å². The summed E-state index contributed by atoms with van der Waals surface area (Å²) in [6.07, 6.45) is 19.5. The maximum Gasteiger partial charge on any atom is 0.181 e. The lowest BCUT2D eigenvalue weighted by Crippen LogP contribution is -2.21. The van der Waals surface area contributed by atoms with Gasteiger partial charge < -0.3 is 9.88 Å². The SMILES string of the molecule is C1=CC2=C(c3c(-c4ncc5[nH]cnc5n4)cc4nc(-c5cnc6ccccc6n5)nc(-c5cc6ccccc6nn5)c4c3-c3nncc4ccccc34)C=CCN2C=C1. The van der Waals surface area contributed by atoms with Crippen LogP contribution in [0.5, 0.6) is 0 Å². The summed E-state index contributed by atoms with van der Waals surface area (Å²) in [5.74, 6) is 0.826. The number of nitrogens with one attached hydrogen (secondary N) is 1. The Balaban J connectivity index is 1.29. The number of nitrogens with zero attached hydrogens (tertiary/aromatic N) is 12. The summed E-state index contributed by atoms with van der Waals surface area (Å²) in [6.45, 7) is 0.707. The molecule has 0 aliphatic carbocycles. The number of para-hydroxylation sites is 2. The molecule has 0 unspecified atom stereocenters. The molecule has 6 aromatic heterocycles. The molecule has 0 amide bonds. The highest BCUT2D eigenvalue weighted by molar-refractivity contribution is 6.15. The first kappa shape index (κ1) is 32.8. The number of fused-ring (bicyclic) bond motifs is 6. The molecule has 0 spiro atoms. The Morgan fingerprint density at radius 1 is 0.593 bits per heavy atom. The molecule has 12 rings (SSSR count). The summed E-state index contributed by atoms with van der Waals surface area (Å²) < 4.78 is 0. The van der Waals surface area contributed by atoms with Crippen molar-refractivity contribution in [1.82, 2.24) is 65.2 Å². The molecule has 13 heteroatoms. The van der Waals surface area contributed by atoms with Gasteiger partial charge in [0.15, 0.2) is 17.3 Å². The molecule has 276 valence electrons. The van der Waals surface area contributed by atoms with Gasteiger partial charge >= 0.3 is 0 Å². The third kappa shape index (κ3) is 5.36. The van der Waals surface area contributed by atoms with E-state index in [0.29, 0.717) is 63.1 Å². The summed E-state index contributed by atoms with van der Waals surface area (Å²) in [7, 11) is 0. The van der Waals surface area contributed by atoms with Gasteiger partial charge in [0.25, 0.3) is 0 Å². The molecule has 59 heavy (non-hydrogen) atoms. The van der Waals surface area contributed by atoms with E-state index in [1.807, 2.05) is 91.0 Å². The molecular weight excluding hydrogens is 735 g/mol. The summed E-state index contributed by atoms with van der Waals surface area (Å²) in [6, 6.07) is 27.8. The zero-order valence-electron chi connectivity index (χ0n) is 30.9. The molecule has 0 radical (unpaired) electrons. The molecule has 2 aliphatic heterocycles. The van der Waals surface area contributed by atoms with Gasteiger partial charge in [-0.15, -0.1) is 15.3 Å². The second kappa shape index (κ2) is 13.1. The topological polar surface area (TPSA) is 161 Å². The lowest BCUT2D eigenvalue weighted by Gasteiger charge is -2.30. The van der Waals surface area contributed by atoms with E-state index in [2.05, 4.69) is 55.6 Å². The van der Waals surface area contributed by atoms with Gasteiger partial charge in [-0.1, -0.05) is 72.8 Å². The first-order valence-corrected chi connectivity index (χ1v) is 19.0. The van der Waals surface area contributed by atoms with Crippen LogP contribution in [0.4, 0.5) is 0 Å². The Bertz CT molecular complexity index is 3510. The van der Waals surface area contributed by atoms with E-state index < -0.39 is 0 Å². The van der Waals surface area contributed by atoms with E-state index in [0.717, 1.165) is 60.6 Å². The van der Waals surface area contributed by atoms with Crippen LogP contribution in [0.1, 0.15) is 5.56 Å². The van der Waals surface area contributed by atoms with Crippen molar-refractivity contribution in [2.45, 2.75) is 0 Å². The van der Waals surface area contributed by atoms with Crippen molar-refractivity contribution in [3.05, 3.63) is 158 Å². The predicted octanol–water partition coefficient (Wildman–Crippen LogP) is 8.46. The van der Waals surface area contributed by atoms with Crippen molar-refractivity contribution in [3.8, 4) is 45.6 Å². The number of aromatic amines is 1. The average molecular weight is 762 g/mol. The predicted molar refractivity (Wildman–Crippen MR) is 227 cm³/mol. The Kier molecular flexibility index (Phi) is 7.25. The summed E-state index contributed by atoms with van der Waals surface area (Å²) in [4.78, 5) is 40.2. The minimum absolute atomic E-state index is 0.365. The fraction of sp³-hybridized carbons (Fsp3) is 0.0217. The molecule has 0 atom stereocenters. The number of hydrogen-bond acceptors (Lipinski definition) is 12. The quantitative estimate of drug-likeness (QED) is 0.178. The van der Waals surface area contributed by atoms with Gasteiger partial charge in [-0.3, -0.25) is 4.98 Å². The third-order valence-corrected chi connectivity index (χ3v) is 10.7. The van der Waals surface area contributed by atoms with E-state index in [9.17, 15) is 0 Å². The largest absolute Gasteiger partial charge is 0.344 e. The van der Waals surface area contributed by atoms with E-state index in [4.69, 9.17) is 40.1 Å². The standard InChI is InChI=1S/C46H27N13/c1-3-12-28-27(11-1)22-51-58-42(28)41-39(29-13-9-19-59-18-8-7-17-38(29)59)30(44-48-23-36-45(55-44)50-25-49-36)21-34-40(41)43(35-20-26-10-2-4-14-31(26)56-57-35)54-46(53-34)37-24-47-32-15-5-6-16-33(32)52-37/h1-18,20-25H,19H2,(H,48,49,50,55). The fourth-order valence-electron chi connectivity index (χ4n) is 7.99. The average Bonchev–Trinajstić information content (AvgIpc) is 3.78. The summed E-state index contributed by atoms with van der Waals surface area (Å²) in [5.41, 5.74) is 10.5. The minimum atomic E-state index is 0.365. The lowest BCUT2D eigenvalue weighted by molar-refractivity contribution is 0.527. The monoisotopic (exact) mass is 761 g/mol. The van der Waals surface area contributed by atoms with Crippen molar-refractivity contribution < 1.29 is 0 Å². The van der Waals surface area contributed by atoms with Gasteiger partial charge in [-0.25, -0.2) is 29.9 Å². The molecule has 0 bridgehead atoms. The Morgan fingerprint density at radius 2 is 1.46 bits per heavy atom. The van der Waals surface area contributed by atoms with Crippen LogP contribution in [0.25, 0.3) is 106 Å². The fourth-order valence-corrected chi connectivity index (χ4v) is 7.99. The molecule has 2 aliphatic rings. The van der Waals surface area contributed by atoms with Crippen LogP contribution in [0.3, 0.4) is 0 Å². The summed E-state index contributed by atoms with van der Waals surface area (Å²) in [5, 5.41) is 22.5. The number of hydrogen-bond donors (Lipinski definition) is 1. The lowest BCUT2D eigenvalue weighted by atomic mass is 9.84. The van der Waals surface area contributed by atoms with Crippen LogP contribution >= 0.6 is 0 Å². The van der Waals surface area contributed by atoms with Crippen molar-refractivity contribution in [2.75, 3.05) is 6.54 Å². The maximum atomic E-state index is 5.35. The normalized spacial score (nSPS) is 13.7. The minimum Gasteiger partial charge on any atom is -0.344 e. The number of rotatable bonds is 5. The molecule has 1 N–H and O–H groups in total. The number of aromatic nitrogens is 12. The number of allylic oxidation sites excluding steroid dienone is 5. The van der Waals surface area contributed by atoms with Crippen molar-refractivity contribution >= 4 is 60.3 Å². The Labute approximate surface area is 334 Å². The van der Waals surface area contributed by atoms with Crippen LogP contribution in [-0.2, 0) is 0 Å². The first-order valence-electron chi connectivity index (χ1n) is 19.0. The van der Waals surface area contributed by atoms with E-state index >= 15 is 0 Å². The van der Waals surface area contributed by atoms with Crippen LogP contribution in [0.15, 0.2) is 152 Å². The Hall–Kier alpha value is -8.45. The van der Waals surface area contributed by atoms with Gasteiger partial charge in [0.2, 0.25) is 0 Å². The molecule has 8 heterocycles. The van der Waals surface area contributed by atoms with Crippen molar-refractivity contribution in [3.63, 3.8) is 0 Å². The third-order valence-electron chi connectivity index (χ3n) is 10.7. The highest BCUT2D eigenvalue weighted by Crippen LogP contribution is 2.47. The summed E-state index contributed by atoms with van der Waals surface area (Å²) >= 11 is 0. The molecule has 10 aromatic rings. The molecule has 13 nitrogen and oxygen atoms in total. The Morgan fingerprint density at radius 3 is 2.41 bits per heavy atom. The molecule has 4 aromatic carbocycles. The number of H-pyrrole nitrogens is 1. The smallest absolute Gasteiger partial charge is 0.181 e. The van der Waals surface area contributed by atoms with Crippen molar-refractivity contribution in [1.29, 1.82) is 0 Å². The zero-order chi connectivity index (χ0) is 38.9. The molecular formula is C46H27N13. The number of imidazole rings is 1. The molecule has 0 saturated heterocycles. The van der Waals surface area contributed by atoms with Gasteiger partial charge in [0.05, 0.1) is 47.0 Å². The van der Waals surface area contributed by atoms with Gasteiger partial charge in [-0.05, 0) is 42.5 Å². The van der Waals surface area contributed by atoms with Crippen LogP contribution in [0.2, 0.25) is 0 Å². The second-order valence-electron chi connectivity index (χ2n) is 14.2. The molecule has 0 saturated carbocycles. The van der Waals surface area contributed by atoms with E-state index in [-0.39, 0.29) is 0 Å². The highest BCUT2D eigenvalue weighted by atomic mass is 15.1. The van der Waals surface area contributed by atoms with E-state index in [1.165, 1.54) is 0 Å². The second-order valence-corrected chi connectivity index (χ2v) is 14.2. The van der Waals surface area contributed by atoms with E-state index in [1.54, 1.807) is 24.9 Å². The molecule has 0 fully saturated rings. The van der Waals surface area contributed by atoms with Crippen LogP contribution in [0, 0.1) is 0 Å². The van der Waals surface area contributed by atoms with Gasteiger partial charge in [-0.2, -0.15) is 5.10 Å². The first-order chi connectivity index (χ1) is 29.2. The maximum absolute atomic E-state index is 5.35. The van der Waals surface area contributed by atoms with Crippen molar-refractivity contribution in [2.24, 2.45) is 0 Å². The van der Waals surface area contributed by atoms with Crippen LogP contribution < -0.4 is 0 Å². The number of benzene rings is 4. The zero-order valence-corrected chi connectivity index (χ0v) is 30.9. The van der Waals surface area contributed by atoms with Gasteiger partial charge in [0, 0.05) is 62.3 Å². The highest BCUT2D eigenvalue weighted by Gasteiger charge is 2.30. The van der Waals surface area contributed by atoms with Gasteiger partial charge in [0.1, 0.15) is 28.3 Å².